The Labute approximate surface area is 174 Å². The van der Waals surface area contributed by atoms with Crippen LogP contribution in [0.2, 0.25) is 0 Å². The number of rotatable bonds is 5. The highest BCUT2D eigenvalue weighted by Gasteiger charge is 2.20. The molecule has 1 aliphatic heterocycles. The van der Waals surface area contributed by atoms with Crippen molar-refractivity contribution >= 4 is 21.7 Å². The van der Waals surface area contributed by atoms with Crippen LogP contribution in [0, 0.1) is 11.7 Å². The van der Waals surface area contributed by atoms with Crippen LogP contribution >= 0.6 is 0 Å². The van der Waals surface area contributed by atoms with Crippen LogP contribution in [0.15, 0.2) is 70.0 Å². The lowest BCUT2D eigenvalue weighted by molar-refractivity contribution is 0.159. The monoisotopic (exact) mass is 404 g/mol. The van der Waals surface area contributed by atoms with Crippen LogP contribution in [0.3, 0.4) is 0 Å². The Kier molecular flexibility index (Phi) is 5.13. The lowest BCUT2D eigenvalue weighted by atomic mass is 9.93. The first-order valence-corrected chi connectivity index (χ1v) is 10.7. The molecule has 4 aromatic rings. The van der Waals surface area contributed by atoms with Crippen LogP contribution in [0.5, 0.6) is 0 Å². The second-order valence-electron chi connectivity index (χ2n) is 8.33. The maximum atomic E-state index is 13.3. The molecule has 0 N–H and O–H groups in total. The Morgan fingerprint density at radius 3 is 2.60 bits per heavy atom. The number of hydrogen-bond donors (Lipinski definition) is 0. The van der Waals surface area contributed by atoms with Gasteiger partial charge in [0.25, 0.3) is 5.56 Å². The molecule has 4 nitrogen and oxygen atoms in total. The predicted molar refractivity (Wildman–Crippen MR) is 117 cm³/mol. The van der Waals surface area contributed by atoms with Crippen LogP contribution < -0.4 is 5.56 Å². The van der Waals surface area contributed by atoms with Crippen molar-refractivity contribution < 1.29 is 8.91 Å². The summed E-state index contributed by atoms with van der Waals surface area (Å²) in [5.41, 5.74) is 1.51. The van der Waals surface area contributed by atoms with Crippen molar-refractivity contribution in [1.29, 1.82) is 0 Å². The first kappa shape index (κ1) is 19.1. The van der Waals surface area contributed by atoms with E-state index in [1.807, 2.05) is 0 Å². The standard InChI is InChI=1S/C25H25FN2O2/c26-22-7-8-23-24(16-22)30-28(25(23)29)14-11-18-9-12-27(13-10-18)17-19-5-6-20-3-1-2-4-21(20)15-19/h1-8,15-16,18H,9-14,17H2. The smallest absolute Gasteiger partial charge is 0.290 e. The normalized spacial score (nSPS) is 15.9. The number of likely N-dealkylation sites (tertiary alicyclic amines) is 1. The Balaban J connectivity index is 1.16. The van der Waals surface area contributed by atoms with E-state index < -0.39 is 0 Å². The van der Waals surface area contributed by atoms with Gasteiger partial charge in [-0.3, -0.25) is 9.69 Å². The van der Waals surface area contributed by atoms with Crippen molar-refractivity contribution in [3.05, 3.63) is 82.4 Å². The van der Waals surface area contributed by atoms with Crippen molar-refractivity contribution in [1.82, 2.24) is 9.64 Å². The van der Waals surface area contributed by atoms with Gasteiger partial charge in [0.05, 0.1) is 11.9 Å². The van der Waals surface area contributed by atoms with Gasteiger partial charge in [0.15, 0.2) is 5.58 Å². The van der Waals surface area contributed by atoms with Gasteiger partial charge in [0, 0.05) is 12.6 Å². The molecular formula is C25H25FN2O2. The first-order valence-electron chi connectivity index (χ1n) is 10.7. The molecule has 3 aromatic carbocycles. The van der Waals surface area contributed by atoms with Gasteiger partial charge in [-0.2, -0.15) is 4.74 Å². The molecule has 0 spiro atoms. The van der Waals surface area contributed by atoms with E-state index in [1.165, 1.54) is 39.3 Å². The van der Waals surface area contributed by atoms with Crippen LogP contribution in [0.4, 0.5) is 4.39 Å². The molecule has 154 valence electrons. The minimum absolute atomic E-state index is 0.168. The molecule has 5 rings (SSSR count). The predicted octanol–water partition coefficient (Wildman–Crippen LogP) is 5.19. The molecule has 0 aliphatic carbocycles. The van der Waals surface area contributed by atoms with Crippen molar-refractivity contribution in [3.63, 3.8) is 0 Å². The van der Waals surface area contributed by atoms with Crippen molar-refractivity contribution in [2.75, 3.05) is 13.1 Å². The number of benzene rings is 3. The van der Waals surface area contributed by atoms with Gasteiger partial charge in [0.2, 0.25) is 0 Å². The summed E-state index contributed by atoms with van der Waals surface area (Å²) in [7, 11) is 0. The number of nitrogens with zero attached hydrogens (tertiary/aromatic N) is 2. The number of piperidine rings is 1. The van der Waals surface area contributed by atoms with E-state index >= 15 is 0 Å². The first-order chi connectivity index (χ1) is 14.7. The molecule has 2 heterocycles. The molecule has 0 amide bonds. The quantitative estimate of drug-likeness (QED) is 0.460. The molecule has 1 aromatic heterocycles. The fourth-order valence-electron chi connectivity index (χ4n) is 4.52. The lowest BCUT2D eigenvalue weighted by Gasteiger charge is -2.32. The summed E-state index contributed by atoms with van der Waals surface area (Å²) in [5.74, 6) is 0.192. The van der Waals surface area contributed by atoms with Gasteiger partial charge in [-0.15, -0.1) is 0 Å². The number of halogens is 1. The van der Waals surface area contributed by atoms with E-state index in [2.05, 4.69) is 47.4 Å². The summed E-state index contributed by atoms with van der Waals surface area (Å²) in [6, 6.07) is 19.3. The van der Waals surface area contributed by atoms with Crippen LogP contribution in [-0.2, 0) is 13.1 Å². The zero-order valence-electron chi connectivity index (χ0n) is 16.9. The third-order valence-corrected chi connectivity index (χ3v) is 6.28. The highest BCUT2D eigenvalue weighted by molar-refractivity contribution is 5.83. The largest absolute Gasteiger partial charge is 0.376 e. The lowest BCUT2D eigenvalue weighted by Crippen LogP contribution is -2.33. The third-order valence-electron chi connectivity index (χ3n) is 6.28. The molecule has 1 fully saturated rings. The van der Waals surface area contributed by atoms with E-state index in [9.17, 15) is 9.18 Å². The molecule has 1 saturated heterocycles. The Morgan fingerprint density at radius 1 is 0.967 bits per heavy atom. The molecular weight excluding hydrogens is 379 g/mol. The Morgan fingerprint density at radius 2 is 1.77 bits per heavy atom. The molecule has 1 aliphatic rings. The van der Waals surface area contributed by atoms with Crippen molar-refractivity contribution in [2.45, 2.75) is 32.4 Å². The van der Waals surface area contributed by atoms with E-state index in [4.69, 9.17) is 4.52 Å². The van der Waals surface area contributed by atoms with Gasteiger partial charge < -0.3 is 4.52 Å². The van der Waals surface area contributed by atoms with Crippen LogP contribution in [-0.4, -0.2) is 22.7 Å². The van der Waals surface area contributed by atoms with Gasteiger partial charge in [0.1, 0.15) is 5.82 Å². The van der Waals surface area contributed by atoms with Crippen molar-refractivity contribution in [2.24, 2.45) is 5.92 Å². The highest BCUT2D eigenvalue weighted by atomic mass is 19.1. The van der Waals surface area contributed by atoms with Crippen LogP contribution in [0.1, 0.15) is 24.8 Å². The Bertz CT molecular complexity index is 1230. The summed E-state index contributed by atoms with van der Waals surface area (Å²) in [6.45, 7) is 3.66. The maximum Gasteiger partial charge on any atom is 0.290 e. The van der Waals surface area contributed by atoms with E-state index in [0.717, 1.165) is 38.9 Å². The molecule has 0 radical (unpaired) electrons. The van der Waals surface area contributed by atoms with Gasteiger partial charge in [-0.25, -0.2) is 4.39 Å². The third kappa shape index (κ3) is 3.90. The SMILES string of the molecule is O=c1c2ccc(F)cc2on1CCC1CCN(Cc2ccc3ccccc3c2)CC1. The second-order valence-corrected chi connectivity index (χ2v) is 8.33. The summed E-state index contributed by atoms with van der Waals surface area (Å²) in [5, 5.41) is 3.02. The summed E-state index contributed by atoms with van der Waals surface area (Å²) in [6.07, 6.45) is 3.15. The topological polar surface area (TPSA) is 38.4 Å². The van der Waals surface area contributed by atoms with Gasteiger partial charge in [-0.1, -0.05) is 36.4 Å². The average Bonchev–Trinajstić information content (AvgIpc) is 3.08. The fraction of sp³-hybridized carbons (Fsp3) is 0.320. The van der Waals surface area contributed by atoms with Gasteiger partial charge in [-0.05, 0) is 72.8 Å². The average molecular weight is 404 g/mol. The number of fused-ring (bicyclic) bond motifs is 2. The molecule has 0 atom stereocenters. The maximum absolute atomic E-state index is 13.3. The number of hydrogen-bond acceptors (Lipinski definition) is 3. The van der Waals surface area contributed by atoms with E-state index in [-0.39, 0.29) is 11.4 Å². The van der Waals surface area contributed by atoms with Gasteiger partial charge >= 0.3 is 0 Å². The second kappa shape index (κ2) is 8.07. The molecule has 0 bridgehead atoms. The van der Waals surface area contributed by atoms with Crippen molar-refractivity contribution in [3.8, 4) is 0 Å². The minimum Gasteiger partial charge on any atom is -0.376 e. The van der Waals surface area contributed by atoms with E-state index in [1.54, 1.807) is 0 Å². The molecule has 30 heavy (non-hydrogen) atoms. The zero-order valence-corrected chi connectivity index (χ0v) is 16.9. The Hall–Kier alpha value is -2.92. The molecule has 5 heteroatoms. The summed E-state index contributed by atoms with van der Waals surface area (Å²) < 4.78 is 20.3. The summed E-state index contributed by atoms with van der Waals surface area (Å²) in [4.78, 5) is 14.9. The zero-order chi connectivity index (χ0) is 20.5. The minimum atomic E-state index is -0.387. The number of aryl methyl sites for hydroxylation is 1. The van der Waals surface area contributed by atoms with Crippen LogP contribution in [0.25, 0.3) is 21.7 Å². The molecule has 0 unspecified atom stereocenters. The highest BCUT2D eigenvalue weighted by Crippen LogP contribution is 2.24. The number of aromatic nitrogens is 1. The fourth-order valence-corrected chi connectivity index (χ4v) is 4.52. The van der Waals surface area contributed by atoms with E-state index in [0.29, 0.717) is 23.4 Å². The summed E-state index contributed by atoms with van der Waals surface area (Å²) >= 11 is 0. The molecule has 0 saturated carbocycles.